The van der Waals surface area contributed by atoms with Gasteiger partial charge in [-0.2, -0.15) is 0 Å². The minimum absolute atomic E-state index is 0.0284. The highest BCUT2D eigenvalue weighted by molar-refractivity contribution is 5.68. The minimum atomic E-state index is -0.607. The highest BCUT2D eigenvalue weighted by Crippen LogP contribution is 2.11. The molecule has 134 valence electrons. The van der Waals surface area contributed by atoms with Crippen molar-refractivity contribution < 1.29 is 29.1 Å². The third-order valence-electron chi connectivity index (χ3n) is 2.57. The number of carbonyl (C=O) groups is 1. The van der Waals surface area contributed by atoms with Gasteiger partial charge >= 0.3 is 6.09 Å². The molecule has 1 unspecified atom stereocenters. The molecular formula is C13H26N4O6. The second-order valence-corrected chi connectivity index (χ2v) is 5.68. The molecule has 0 aromatic rings. The summed E-state index contributed by atoms with van der Waals surface area (Å²) < 4.78 is 16.0. The Hall–Kier alpha value is -1.58. The molecule has 0 aliphatic heterocycles. The zero-order chi connectivity index (χ0) is 17.7. The molecule has 0 aromatic carbocycles. The Morgan fingerprint density at radius 3 is 2.39 bits per heavy atom. The Balaban J connectivity index is 4.47. The molecule has 0 heterocycles. The van der Waals surface area contributed by atoms with Crippen molar-refractivity contribution in [2.24, 2.45) is 5.11 Å². The van der Waals surface area contributed by atoms with Crippen LogP contribution in [0.2, 0.25) is 0 Å². The van der Waals surface area contributed by atoms with Gasteiger partial charge in [-0.3, -0.25) is 5.26 Å². The first kappa shape index (κ1) is 21.4. The van der Waals surface area contributed by atoms with Crippen LogP contribution in [0.25, 0.3) is 10.4 Å². The fourth-order valence-corrected chi connectivity index (χ4v) is 1.44. The molecule has 0 radical (unpaired) electrons. The summed E-state index contributed by atoms with van der Waals surface area (Å²) in [7, 11) is 1.58. The van der Waals surface area contributed by atoms with Crippen molar-refractivity contribution in [2.75, 3.05) is 46.6 Å². The number of likely N-dealkylation sites (N-methyl/N-ethyl adjacent to an activating group) is 1. The second-order valence-electron chi connectivity index (χ2n) is 5.68. The molecule has 0 aliphatic carbocycles. The Kier molecular flexibility index (Phi) is 11.1. The highest BCUT2D eigenvalue weighted by atomic mass is 17.1. The molecule has 23 heavy (non-hydrogen) atoms. The molecule has 0 saturated carbocycles. The predicted octanol–water partition coefficient (Wildman–Crippen LogP) is 2.05. The van der Waals surface area contributed by atoms with Crippen molar-refractivity contribution >= 4 is 6.09 Å². The quantitative estimate of drug-likeness (QED) is 0.154. The van der Waals surface area contributed by atoms with Crippen molar-refractivity contribution in [2.45, 2.75) is 32.4 Å². The van der Waals surface area contributed by atoms with Crippen LogP contribution in [0, 0.1) is 0 Å². The van der Waals surface area contributed by atoms with Crippen molar-refractivity contribution in [1.29, 1.82) is 0 Å². The third kappa shape index (κ3) is 11.6. The first-order valence-corrected chi connectivity index (χ1v) is 7.20. The Morgan fingerprint density at radius 2 is 1.87 bits per heavy atom. The van der Waals surface area contributed by atoms with E-state index in [2.05, 4.69) is 14.9 Å². The van der Waals surface area contributed by atoms with E-state index in [1.807, 2.05) is 0 Å². The molecule has 1 amide bonds. The van der Waals surface area contributed by atoms with E-state index in [0.29, 0.717) is 0 Å². The maximum Gasteiger partial charge on any atom is 0.410 e. The van der Waals surface area contributed by atoms with Crippen LogP contribution in [0.5, 0.6) is 0 Å². The van der Waals surface area contributed by atoms with Crippen molar-refractivity contribution in [1.82, 2.24) is 4.90 Å². The summed E-state index contributed by atoms with van der Waals surface area (Å²) in [5.41, 5.74) is 7.58. The topological polar surface area (TPSA) is 126 Å². The van der Waals surface area contributed by atoms with Crippen LogP contribution in [0.1, 0.15) is 20.8 Å². The molecule has 1 N–H and O–H groups in total. The molecule has 0 fully saturated rings. The Bertz CT molecular complexity index is 381. The summed E-state index contributed by atoms with van der Waals surface area (Å²) in [4.78, 5) is 20.0. The summed E-state index contributed by atoms with van der Waals surface area (Å²) in [6, 6.07) is -0.394. The molecule has 0 spiro atoms. The van der Waals surface area contributed by atoms with Crippen LogP contribution in [-0.2, 0) is 19.1 Å². The normalized spacial score (nSPS) is 12.4. The van der Waals surface area contributed by atoms with Gasteiger partial charge in [0.25, 0.3) is 0 Å². The van der Waals surface area contributed by atoms with E-state index in [9.17, 15) is 4.79 Å². The first-order chi connectivity index (χ1) is 10.8. The third-order valence-corrected chi connectivity index (χ3v) is 2.57. The van der Waals surface area contributed by atoms with E-state index in [0.717, 1.165) is 0 Å². The van der Waals surface area contributed by atoms with Gasteiger partial charge < -0.3 is 19.1 Å². The van der Waals surface area contributed by atoms with Gasteiger partial charge in [-0.25, -0.2) is 9.68 Å². The van der Waals surface area contributed by atoms with Crippen LogP contribution in [0.4, 0.5) is 4.79 Å². The average molecular weight is 334 g/mol. The lowest BCUT2D eigenvalue weighted by Gasteiger charge is -2.30. The van der Waals surface area contributed by atoms with E-state index in [1.165, 1.54) is 4.90 Å². The van der Waals surface area contributed by atoms with Gasteiger partial charge in [0.2, 0.25) is 0 Å². The number of hydrogen-bond donors (Lipinski definition) is 1. The first-order valence-electron chi connectivity index (χ1n) is 7.20. The second kappa shape index (κ2) is 11.9. The van der Waals surface area contributed by atoms with Gasteiger partial charge in [-0.15, -0.1) is 0 Å². The van der Waals surface area contributed by atoms with Crippen LogP contribution in [0.15, 0.2) is 5.11 Å². The van der Waals surface area contributed by atoms with E-state index >= 15 is 0 Å². The standard InChI is InChI=1S/C13H26N4O6/c1-13(2,3)23-12(18)17(4)11(10-21-7-8-22-19)9-20-6-5-15-16-14/h11,19H,5-10H2,1-4H3. The van der Waals surface area contributed by atoms with Crippen LogP contribution >= 0.6 is 0 Å². The van der Waals surface area contributed by atoms with E-state index in [-0.39, 0.29) is 39.6 Å². The monoisotopic (exact) mass is 334 g/mol. The maximum atomic E-state index is 12.1. The lowest BCUT2D eigenvalue weighted by Crippen LogP contribution is -2.45. The SMILES string of the molecule is CN(C(=O)OC(C)(C)C)C(COCCN=[N+]=[N-])COCCOO. The van der Waals surface area contributed by atoms with Gasteiger partial charge in [0.05, 0.1) is 32.5 Å². The van der Waals surface area contributed by atoms with Crippen molar-refractivity contribution in [3.8, 4) is 0 Å². The van der Waals surface area contributed by atoms with E-state index < -0.39 is 17.7 Å². The Morgan fingerprint density at radius 1 is 1.26 bits per heavy atom. The van der Waals surface area contributed by atoms with Gasteiger partial charge in [0.15, 0.2) is 0 Å². The number of amides is 1. The number of rotatable bonds is 11. The molecule has 0 saturated heterocycles. The number of hydrogen-bond acceptors (Lipinski definition) is 7. The number of carbonyl (C=O) groups excluding carboxylic acids is 1. The predicted molar refractivity (Wildman–Crippen MR) is 82.0 cm³/mol. The molecule has 10 heteroatoms. The summed E-state index contributed by atoms with van der Waals surface area (Å²) in [5.74, 6) is 0. The maximum absolute atomic E-state index is 12.1. The summed E-state index contributed by atoms with van der Waals surface area (Å²) in [5, 5.41) is 11.6. The summed E-state index contributed by atoms with van der Waals surface area (Å²) in [6.07, 6.45) is -0.497. The minimum Gasteiger partial charge on any atom is -0.444 e. The molecule has 0 aliphatic rings. The lowest BCUT2D eigenvalue weighted by molar-refractivity contribution is -0.249. The summed E-state index contributed by atoms with van der Waals surface area (Å²) >= 11 is 0. The smallest absolute Gasteiger partial charge is 0.410 e. The molecular weight excluding hydrogens is 308 g/mol. The fourth-order valence-electron chi connectivity index (χ4n) is 1.44. The van der Waals surface area contributed by atoms with Gasteiger partial charge in [0, 0.05) is 18.5 Å². The van der Waals surface area contributed by atoms with Crippen molar-refractivity contribution in [3.05, 3.63) is 10.4 Å². The van der Waals surface area contributed by atoms with Gasteiger partial charge in [-0.1, -0.05) is 5.11 Å². The van der Waals surface area contributed by atoms with Gasteiger partial charge in [0.1, 0.15) is 12.2 Å². The fraction of sp³-hybridized carbons (Fsp3) is 0.923. The van der Waals surface area contributed by atoms with E-state index in [1.54, 1.807) is 27.8 Å². The highest BCUT2D eigenvalue weighted by Gasteiger charge is 2.25. The Labute approximate surface area is 135 Å². The zero-order valence-electron chi connectivity index (χ0n) is 14.1. The molecule has 10 nitrogen and oxygen atoms in total. The summed E-state index contributed by atoms with van der Waals surface area (Å²) in [6.45, 7) is 6.35. The zero-order valence-corrected chi connectivity index (χ0v) is 14.1. The molecule has 0 rings (SSSR count). The van der Waals surface area contributed by atoms with Crippen LogP contribution < -0.4 is 0 Å². The molecule has 0 aromatic heterocycles. The molecule has 1 atom stereocenters. The number of ether oxygens (including phenoxy) is 3. The number of azide groups is 1. The number of nitrogens with zero attached hydrogens (tertiary/aromatic N) is 4. The molecule has 0 bridgehead atoms. The van der Waals surface area contributed by atoms with Crippen molar-refractivity contribution in [3.63, 3.8) is 0 Å². The van der Waals surface area contributed by atoms with Crippen LogP contribution in [-0.4, -0.2) is 74.5 Å². The van der Waals surface area contributed by atoms with Gasteiger partial charge in [-0.05, 0) is 26.3 Å². The van der Waals surface area contributed by atoms with E-state index in [4.69, 9.17) is 25.0 Å². The largest absolute Gasteiger partial charge is 0.444 e. The van der Waals surface area contributed by atoms with Crippen LogP contribution in [0.3, 0.4) is 0 Å². The average Bonchev–Trinajstić information content (AvgIpc) is 2.46. The lowest BCUT2D eigenvalue weighted by atomic mass is 10.2.